The monoisotopic (exact) mass is 252 g/mol. The summed E-state index contributed by atoms with van der Waals surface area (Å²) < 4.78 is 23.0. The Hall–Kier alpha value is -1.62. The molecular weight excluding hydrogens is 240 g/mol. The zero-order valence-electron chi connectivity index (χ0n) is 9.25. The van der Waals surface area contributed by atoms with Crippen LogP contribution in [0.1, 0.15) is 18.1 Å². The van der Waals surface area contributed by atoms with Crippen LogP contribution in [0.5, 0.6) is 0 Å². The first kappa shape index (κ1) is 11.9. The predicted molar refractivity (Wildman–Crippen MR) is 63.2 cm³/mol. The van der Waals surface area contributed by atoms with E-state index < -0.39 is 21.7 Å². The summed E-state index contributed by atoms with van der Waals surface area (Å²) in [5, 5.41) is 9.98. The van der Waals surface area contributed by atoms with Crippen molar-refractivity contribution < 1.29 is 18.3 Å². The van der Waals surface area contributed by atoms with E-state index in [1.165, 1.54) is 11.5 Å². The summed E-state index contributed by atoms with van der Waals surface area (Å²) in [5.74, 6) is -1.33. The first-order valence-corrected chi connectivity index (χ1v) is 6.74. The van der Waals surface area contributed by atoms with E-state index in [4.69, 9.17) is 5.11 Å². The normalized spacial score (nSPS) is 17.7. The van der Waals surface area contributed by atoms with Crippen molar-refractivity contribution in [2.24, 2.45) is 5.92 Å². The first-order valence-electron chi connectivity index (χ1n) is 5.19. The molecular formula is C12H12O4S. The topological polar surface area (TPSA) is 71.4 Å². The third-order valence-corrected chi connectivity index (χ3v) is 4.25. The van der Waals surface area contributed by atoms with Gasteiger partial charge in [0.05, 0.1) is 10.8 Å². The van der Waals surface area contributed by atoms with Crippen molar-refractivity contribution in [3.8, 4) is 0 Å². The molecule has 0 aliphatic carbocycles. The van der Waals surface area contributed by atoms with Crippen LogP contribution in [0.2, 0.25) is 0 Å². The Balaban J connectivity index is 2.31. The lowest BCUT2D eigenvalue weighted by atomic mass is 10.00. The zero-order chi connectivity index (χ0) is 12.6. The van der Waals surface area contributed by atoms with Gasteiger partial charge in [-0.1, -0.05) is 19.1 Å². The maximum atomic E-state index is 11.5. The Kier molecular flexibility index (Phi) is 2.79. The number of hydrogen-bond acceptors (Lipinski definition) is 3. The highest BCUT2D eigenvalue weighted by Crippen LogP contribution is 2.28. The van der Waals surface area contributed by atoms with Gasteiger partial charge in [-0.2, -0.15) is 0 Å². The van der Waals surface area contributed by atoms with Crippen molar-refractivity contribution in [2.75, 3.05) is 0 Å². The van der Waals surface area contributed by atoms with Crippen LogP contribution in [-0.4, -0.2) is 19.5 Å². The fourth-order valence-corrected chi connectivity index (χ4v) is 2.98. The first-order chi connectivity index (χ1) is 7.90. The van der Waals surface area contributed by atoms with E-state index in [1.807, 2.05) is 0 Å². The SMILES string of the molecule is CC(Cc1ccc2c(c1)C=CS2(=O)=O)C(=O)O. The number of carboxylic acids is 1. The van der Waals surface area contributed by atoms with Gasteiger partial charge < -0.3 is 5.11 Å². The van der Waals surface area contributed by atoms with E-state index in [2.05, 4.69) is 0 Å². The van der Waals surface area contributed by atoms with Gasteiger partial charge in [0.15, 0.2) is 9.84 Å². The smallest absolute Gasteiger partial charge is 0.306 e. The van der Waals surface area contributed by atoms with Gasteiger partial charge in [-0.05, 0) is 29.7 Å². The molecule has 0 aromatic heterocycles. The van der Waals surface area contributed by atoms with Crippen LogP contribution in [0.25, 0.3) is 6.08 Å². The average molecular weight is 252 g/mol. The summed E-state index contributed by atoms with van der Waals surface area (Å²) >= 11 is 0. The number of hydrogen-bond donors (Lipinski definition) is 1. The Labute approximate surface area is 99.5 Å². The van der Waals surface area contributed by atoms with E-state index in [0.29, 0.717) is 16.9 Å². The minimum Gasteiger partial charge on any atom is -0.481 e. The molecule has 0 bridgehead atoms. The number of sulfone groups is 1. The van der Waals surface area contributed by atoms with Crippen molar-refractivity contribution >= 4 is 21.9 Å². The summed E-state index contributed by atoms with van der Waals surface area (Å²) in [6, 6.07) is 4.94. The van der Waals surface area contributed by atoms with Gasteiger partial charge in [-0.3, -0.25) is 4.79 Å². The fourth-order valence-electron chi connectivity index (χ4n) is 1.79. The Morgan fingerprint density at radius 1 is 1.41 bits per heavy atom. The molecule has 1 aromatic rings. The number of carbonyl (C=O) groups is 1. The molecule has 0 spiro atoms. The molecule has 0 saturated carbocycles. The van der Waals surface area contributed by atoms with Crippen LogP contribution in [0.15, 0.2) is 28.5 Å². The Bertz CT molecular complexity index is 599. The lowest BCUT2D eigenvalue weighted by Crippen LogP contribution is -2.12. The van der Waals surface area contributed by atoms with Crippen LogP contribution >= 0.6 is 0 Å². The van der Waals surface area contributed by atoms with Gasteiger partial charge in [-0.25, -0.2) is 8.42 Å². The van der Waals surface area contributed by atoms with Crippen LogP contribution < -0.4 is 0 Å². The summed E-state index contributed by atoms with van der Waals surface area (Å²) in [7, 11) is -3.26. The molecule has 1 atom stereocenters. The van der Waals surface area contributed by atoms with Gasteiger partial charge >= 0.3 is 5.97 Å². The molecule has 1 unspecified atom stereocenters. The number of benzene rings is 1. The maximum Gasteiger partial charge on any atom is 0.306 e. The van der Waals surface area contributed by atoms with E-state index in [9.17, 15) is 13.2 Å². The highest BCUT2D eigenvalue weighted by molar-refractivity contribution is 7.94. The summed E-state index contributed by atoms with van der Waals surface area (Å²) in [6.45, 7) is 1.63. The summed E-state index contributed by atoms with van der Waals surface area (Å²) in [4.78, 5) is 11.0. The zero-order valence-corrected chi connectivity index (χ0v) is 10.1. The van der Waals surface area contributed by atoms with Crippen molar-refractivity contribution in [3.63, 3.8) is 0 Å². The van der Waals surface area contributed by atoms with Gasteiger partial charge in [-0.15, -0.1) is 0 Å². The van der Waals surface area contributed by atoms with E-state index in [-0.39, 0.29) is 0 Å². The van der Waals surface area contributed by atoms with Crippen molar-refractivity contribution in [3.05, 3.63) is 34.7 Å². The molecule has 1 N–H and O–H groups in total. The third-order valence-electron chi connectivity index (χ3n) is 2.77. The summed E-state index contributed by atoms with van der Waals surface area (Å²) in [6.07, 6.45) is 1.94. The standard InChI is InChI=1S/C12H12O4S/c1-8(12(13)14)6-9-2-3-11-10(7-9)4-5-17(11,15)16/h2-5,7-8H,6H2,1H3,(H,13,14). The van der Waals surface area contributed by atoms with Gasteiger partial charge in [0.1, 0.15) is 0 Å². The highest BCUT2D eigenvalue weighted by Gasteiger charge is 2.21. The molecule has 5 heteroatoms. The van der Waals surface area contributed by atoms with Crippen molar-refractivity contribution in [2.45, 2.75) is 18.2 Å². The molecule has 0 fully saturated rings. The number of carboxylic acid groups (broad SMARTS) is 1. The molecule has 1 aliphatic heterocycles. The Morgan fingerprint density at radius 3 is 2.76 bits per heavy atom. The molecule has 2 rings (SSSR count). The van der Waals surface area contributed by atoms with Crippen molar-refractivity contribution in [1.29, 1.82) is 0 Å². The predicted octanol–water partition coefficient (Wildman–Crippen LogP) is 1.71. The van der Waals surface area contributed by atoms with Crippen molar-refractivity contribution in [1.82, 2.24) is 0 Å². The lowest BCUT2D eigenvalue weighted by molar-refractivity contribution is -0.141. The molecule has 17 heavy (non-hydrogen) atoms. The number of aliphatic carboxylic acids is 1. The second-order valence-corrected chi connectivity index (χ2v) is 5.97. The second kappa shape index (κ2) is 4.00. The quantitative estimate of drug-likeness (QED) is 0.888. The van der Waals surface area contributed by atoms with Crippen LogP contribution in [-0.2, 0) is 21.1 Å². The number of fused-ring (bicyclic) bond motifs is 1. The molecule has 4 nitrogen and oxygen atoms in total. The highest BCUT2D eigenvalue weighted by atomic mass is 32.2. The van der Waals surface area contributed by atoms with Gasteiger partial charge in [0.2, 0.25) is 0 Å². The molecule has 1 heterocycles. The van der Waals surface area contributed by atoms with Gasteiger partial charge in [0, 0.05) is 5.41 Å². The van der Waals surface area contributed by atoms with E-state index in [1.54, 1.807) is 25.1 Å². The molecule has 0 radical (unpaired) electrons. The summed E-state index contributed by atoms with van der Waals surface area (Å²) in [5.41, 5.74) is 1.47. The second-order valence-electron chi connectivity index (χ2n) is 4.16. The molecule has 1 aromatic carbocycles. The minimum absolute atomic E-state index is 0.296. The molecule has 90 valence electrons. The minimum atomic E-state index is -3.26. The fraction of sp³-hybridized carbons (Fsp3) is 0.250. The van der Waals surface area contributed by atoms with Gasteiger partial charge in [0.25, 0.3) is 0 Å². The maximum absolute atomic E-state index is 11.5. The van der Waals surface area contributed by atoms with Crippen LogP contribution in [0, 0.1) is 5.92 Å². The third kappa shape index (κ3) is 2.24. The van der Waals surface area contributed by atoms with Crippen LogP contribution in [0.4, 0.5) is 0 Å². The van der Waals surface area contributed by atoms with E-state index in [0.717, 1.165) is 5.56 Å². The molecule has 0 saturated heterocycles. The van der Waals surface area contributed by atoms with Crippen LogP contribution in [0.3, 0.4) is 0 Å². The molecule has 1 aliphatic rings. The molecule has 0 amide bonds. The Morgan fingerprint density at radius 2 is 2.12 bits per heavy atom. The van der Waals surface area contributed by atoms with E-state index >= 15 is 0 Å². The lowest BCUT2D eigenvalue weighted by Gasteiger charge is -2.07. The average Bonchev–Trinajstić information content (AvgIpc) is 2.54. The number of rotatable bonds is 3. The largest absolute Gasteiger partial charge is 0.481 e.